The van der Waals surface area contributed by atoms with Crippen LogP contribution in [0.5, 0.6) is 0 Å². The summed E-state index contributed by atoms with van der Waals surface area (Å²) < 4.78 is 1.93. The Kier molecular flexibility index (Phi) is 3.92. The molecule has 94 valence electrons. The van der Waals surface area contributed by atoms with Crippen molar-refractivity contribution in [2.45, 2.75) is 58.4 Å². The third-order valence-electron chi connectivity index (χ3n) is 3.50. The number of nitrogens with zero attached hydrogens (tertiary/aromatic N) is 3. The highest BCUT2D eigenvalue weighted by molar-refractivity contribution is 5.81. The molecule has 1 unspecified atom stereocenters. The van der Waals surface area contributed by atoms with E-state index in [0.717, 1.165) is 31.5 Å². The third kappa shape index (κ3) is 2.93. The Labute approximate surface area is 102 Å². The summed E-state index contributed by atoms with van der Waals surface area (Å²) in [5, 5.41) is 4.22. The van der Waals surface area contributed by atoms with Crippen LogP contribution in [0.15, 0.2) is 6.33 Å². The van der Waals surface area contributed by atoms with Gasteiger partial charge in [-0.15, -0.1) is 0 Å². The molecule has 4 nitrogen and oxygen atoms in total. The van der Waals surface area contributed by atoms with Crippen LogP contribution in [0.25, 0.3) is 0 Å². The fourth-order valence-corrected chi connectivity index (χ4v) is 2.52. The molecule has 0 spiro atoms. The number of ketones is 1. The summed E-state index contributed by atoms with van der Waals surface area (Å²) in [5.74, 6) is 1.54. The zero-order chi connectivity index (χ0) is 12.3. The minimum atomic E-state index is 0.166. The second-order valence-corrected chi connectivity index (χ2v) is 5.18. The van der Waals surface area contributed by atoms with Crippen LogP contribution in [0, 0.1) is 5.92 Å². The Morgan fingerprint density at radius 1 is 1.41 bits per heavy atom. The van der Waals surface area contributed by atoms with Crippen molar-refractivity contribution in [1.29, 1.82) is 0 Å². The summed E-state index contributed by atoms with van der Waals surface area (Å²) >= 11 is 0. The van der Waals surface area contributed by atoms with E-state index in [1.54, 1.807) is 6.33 Å². The lowest BCUT2D eigenvalue weighted by Gasteiger charge is -2.14. The average molecular weight is 235 g/mol. The van der Waals surface area contributed by atoms with E-state index in [9.17, 15) is 4.79 Å². The average Bonchev–Trinajstić information content (AvgIpc) is 2.66. The van der Waals surface area contributed by atoms with Gasteiger partial charge in [0.2, 0.25) is 0 Å². The van der Waals surface area contributed by atoms with Crippen molar-refractivity contribution in [1.82, 2.24) is 14.8 Å². The minimum Gasteiger partial charge on any atom is -0.299 e. The maximum atomic E-state index is 12.0. The first-order valence-corrected chi connectivity index (χ1v) is 6.59. The van der Waals surface area contributed by atoms with Gasteiger partial charge >= 0.3 is 0 Å². The molecule has 0 aromatic carbocycles. The van der Waals surface area contributed by atoms with Crippen molar-refractivity contribution >= 4 is 5.78 Å². The molecule has 1 aliphatic carbocycles. The molecule has 0 aliphatic heterocycles. The lowest BCUT2D eigenvalue weighted by atomic mass is 9.95. The predicted octanol–water partition coefficient (Wildman–Crippen LogP) is 2.55. The lowest BCUT2D eigenvalue weighted by Crippen LogP contribution is -2.19. The fourth-order valence-electron chi connectivity index (χ4n) is 2.52. The van der Waals surface area contributed by atoms with E-state index in [1.807, 2.05) is 4.68 Å². The molecule has 0 bridgehead atoms. The fraction of sp³-hybridized carbons (Fsp3) is 0.769. The van der Waals surface area contributed by atoms with E-state index in [2.05, 4.69) is 23.9 Å². The Morgan fingerprint density at radius 2 is 2.24 bits per heavy atom. The van der Waals surface area contributed by atoms with Gasteiger partial charge in [0.1, 0.15) is 17.9 Å². The topological polar surface area (TPSA) is 47.8 Å². The highest BCUT2D eigenvalue weighted by Gasteiger charge is 2.23. The molecule has 1 aliphatic rings. The molecule has 1 heterocycles. The van der Waals surface area contributed by atoms with Crippen LogP contribution in [0.4, 0.5) is 0 Å². The first-order valence-electron chi connectivity index (χ1n) is 6.59. The molecular weight excluding hydrogens is 214 g/mol. The van der Waals surface area contributed by atoms with Gasteiger partial charge in [-0.05, 0) is 26.7 Å². The van der Waals surface area contributed by atoms with Gasteiger partial charge < -0.3 is 0 Å². The van der Waals surface area contributed by atoms with E-state index >= 15 is 0 Å². The number of hydrogen-bond donors (Lipinski definition) is 0. The molecule has 2 rings (SSSR count). The quantitative estimate of drug-likeness (QED) is 0.756. The molecule has 17 heavy (non-hydrogen) atoms. The molecule has 1 atom stereocenters. The highest BCUT2D eigenvalue weighted by atomic mass is 16.1. The lowest BCUT2D eigenvalue weighted by molar-refractivity contribution is -0.122. The van der Waals surface area contributed by atoms with Crippen LogP contribution >= 0.6 is 0 Å². The Bertz CT molecular complexity index is 384. The monoisotopic (exact) mass is 235 g/mol. The zero-order valence-electron chi connectivity index (χ0n) is 10.7. The van der Waals surface area contributed by atoms with Crippen molar-refractivity contribution in [2.24, 2.45) is 5.92 Å². The predicted molar refractivity (Wildman–Crippen MR) is 65.7 cm³/mol. The molecule has 0 N–H and O–H groups in total. The van der Waals surface area contributed by atoms with Gasteiger partial charge in [-0.2, -0.15) is 5.10 Å². The minimum absolute atomic E-state index is 0.166. The van der Waals surface area contributed by atoms with Crippen molar-refractivity contribution in [3.8, 4) is 0 Å². The summed E-state index contributed by atoms with van der Waals surface area (Å²) in [6.45, 7) is 4.18. The smallest absolute Gasteiger partial charge is 0.138 e. The molecule has 1 aromatic rings. The number of Topliss-reactive ketones (excluding diaryl/α,β-unsaturated/α-hetero) is 1. The van der Waals surface area contributed by atoms with E-state index in [1.165, 1.54) is 12.8 Å². The maximum Gasteiger partial charge on any atom is 0.138 e. The van der Waals surface area contributed by atoms with Crippen molar-refractivity contribution in [3.63, 3.8) is 0 Å². The molecule has 0 radical (unpaired) electrons. The van der Waals surface area contributed by atoms with Gasteiger partial charge in [0.05, 0.1) is 0 Å². The molecule has 4 heteroatoms. The first-order chi connectivity index (χ1) is 8.18. The normalized spacial score (nSPS) is 21.8. The third-order valence-corrected chi connectivity index (χ3v) is 3.50. The van der Waals surface area contributed by atoms with E-state index in [-0.39, 0.29) is 5.92 Å². The molecule has 1 fully saturated rings. The Balaban J connectivity index is 2.08. The summed E-state index contributed by atoms with van der Waals surface area (Å²) in [6.07, 6.45) is 7.55. The number of carbonyl (C=O) groups is 1. The second kappa shape index (κ2) is 5.43. The summed E-state index contributed by atoms with van der Waals surface area (Å²) in [6, 6.07) is 0.313. The van der Waals surface area contributed by atoms with Crippen LogP contribution in [-0.4, -0.2) is 20.5 Å². The molecular formula is C13H21N3O. The van der Waals surface area contributed by atoms with Crippen LogP contribution < -0.4 is 0 Å². The van der Waals surface area contributed by atoms with E-state index in [4.69, 9.17) is 0 Å². The Hall–Kier alpha value is -1.19. The maximum absolute atomic E-state index is 12.0. The van der Waals surface area contributed by atoms with Gasteiger partial charge in [-0.3, -0.25) is 4.79 Å². The van der Waals surface area contributed by atoms with Crippen LogP contribution in [0.1, 0.15) is 57.8 Å². The van der Waals surface area contributed by atoms with Gasteiger partial charge in [-0.1, -0.05) is 12.8 Å². The summed E-state index contributed by atoms with van der Waals surface area (Å²) in [4.78, 5) is 16.3. The highest BCUT2D eigenvalue weighted by Crippen LogP contribution is 2.23. The standard InChI is InChI=1S/C13H21N3O/c1-10(2)16-13(14-9-15-16)8-11-6-4-3-5-7-12(11)17/h9-11H,3-8H2,1-2H3. The molecule has 1 aromatic heterocycles. The zero-order valence-corrected chi connectivity index (χ0v) is 10.7. The summed E-state index contributed by atoms with van der Waals surface area (Å²) in [5.41, 5.74) is 0. The van der Waals surface area contributed by atoms with Gasteiger partial charge in [-0.25, -0.2) is 9.67 Å². The van der Waals surface area contributed by atoms with Crippen LogP contribution in [-0.2, 0) is 11.2 Å². The molecule has 0 amide bonds. The largest absolute Gasteiger partial charge is 0.299 e. The SMILES string of the molecule is CC(C)n1ncnc1CC1CCCCCC1=O. The number of hydrogen-bond acceptors (Lipinski definition) is 3. The molecule has 1 saturated carbocycles. The first kappa shape index (κ1) is 12.3. The van der Waals surface area contributed by atoms with Crippen molar-refractivity contribution in [2.75, 3.05) is 0 Å². The van der Waals surface area contributed by atoms with Crippen molar-refractivity contribution < 1.29 is 4.79 Å². The summed E-state index contributed by atoms with van der Waals surface area (Å²) in [7, 11) is 0. The number of rotatable bonds is 3. The van der Waals surface area contributed by atoms with Crippen LogP contribution in [0.2, 0.25) is 0 Å². The molecule has 0 saturated heterocycles. The van der Waals surface area contributed by atoms with Gasteiger partial charge in [0.25, 0.3) is 0 Å². The van der Waals surface area contributed by atoms with Gasteiger partial charge in [0.15, 0.2) is 0 Å². The Morgan fingerprint density at radius 3 is 3.00 bits per heavy atom. The van der Waals surface area contributed by atoms with Gasteiger partial charge in [0, 0.05) is 24.8 Å². The van der Waals surface area contributed by atoms with Crippen molar-refractivity contribution in [3.05, 3.63) is 12.2 Å². The second-order valence-electron chi connectivity index (χ2n) is 5.18. The number of aromatic nitrogens is 3. The van der Waals surface area contributed by atoms with E-state index < -0.39 is 0 Å². The van der Waals surface area contributed by atoms with E-state index in [0.29, 0.717) is 11.8 Å². The number of carbonyl (C=O) groups excluding carboxylic acids is 1. The van der Waals surface area contributed by atoms with Crippen LogP contribution in [0.3, 0.4) is 0 Å².